The van der Waals surface area contributed by atoms with Crippen molar-refractivity contribution in [3.63, 3.8) is 0 Å². The number of carbonyl (C=O) groups is 1. The third-order valence-electron chi connectivity index (χ3n) is 4.21. The molecule has 2 rings (SSSR count). The Labute approximate surface area is 115 Å². The molecule has 0 saturated carbocycles. The maximum absolute atomic E-state index is 12.3. The topological polar surface area (TPSA) is 41.1 Å². The molecule has 2 unspecified atom stereocenters. The van der Waals surface area contributed by atoms with Crippen molar-refractivity contribution in [3.8, 4) is 0 Å². The molecule has 2 N–H and O–H groups in total. The third-order valence-corrected chi connectivity index (χ3v) is 4.21. The number of amides is 1. The van der Waals surface area contributed by atoms with Gasteiger partial charge in [0.2, 0.25) is 5.91 Å². The molecule has 19 heavy (non-hydrogen) atoms. The van der Waals surface area contributed by atoms with Crippen molar-refractivity contribution in [2.45, 2.75) is 52.1 Å². The second-order valence-corrected chi connectivity index (χ2v) is 5.43. The summed E-state index contributed by atoms with van der Waals surface area (Å²) < 4.78 is 0. The zero-order valence-corrected chi connectivity index (χ0v) is 12.1. The van der Waals surface area contributed by atoms with Crippen molar-refractivity contribution >= 4 is 11.6 Å². The molecule has 2 atom stereocenters. The lowest BCUT2D eigenvalue weighted by atomic mass is 9.95. The summed E-state index contributed by atoms with van der Waals surface area (Å²) >= 11 is 0. The Bertz CT molecular complexity index is 415. The summed E-state index contributed by atoms with van der Waals surface area (Å²) in [6, 6.07) is 8.27. The van der Waals surface area contributed by atoms with E-state index in [2.05, 4.69) is 37.5 Å². The zero-order chi connectivity index (χ0) is 13.8. The first-order valence-electron chi connectivity index (χ1n) is 7.30. The molecule has 3 nitrogen and oxygen atoms in total. The lowest BCUT2D eigenvalue weighted by molar-refractivity contribution is -0.122. The number of fused-ring (bicyclic) bond motifs is 1. The molecule has 1 aromatic rings. The molecule has 0 saturated heterocycles. The maximum Gasteiger partial charge on any atom is 0.243 e. The van der Waals surface area contributed by atoms with Gasteiger partial charge in [-0.2, -0.15) is 0 Å². The van der Waals surface area contributed by atoms with Crippen LogP contribution in [0.15, 0.2) is 24.3 Å². The molecule has 3 heteroatoms. The van der Waals surface area contributed by atoms with Gasteiger partial charge in [-0.25, -0.2) is 0 Å². The molecule has 1 aliphatic heterocycles. The van der Waals surface area contributed by atoms with Gasteiger partial charge in [-0.05, 0) is 24.5 Å². The molecular formula is C16H24N2O. The predicted octanol–water partition coefficient (Wildman–Crippen LogP) is 2.96. The number of hydrogen-bond donors (Lipinski definition) is 2. The van der Waals surface area contributed by atoms with Crippen LogP contribution in [0.3, 0.4) is 0 Å². The highest BCUT2D eigenvalue weighted by atomic mass is 16.2. The Hall–Kier alpha value is -1.51. The molecule has 1 amide bonds. The van der Waals surface area contributed by atoms with Crippen LogP contribution in [0.4, 0.5) is 5.69 Å². The van der Waals surface area contributed by atoms with Gasteiger partial charge in [0.1, 0.15) is 6.04 Å². The van der Waals surface area contributed by atoms with Crippen LogP contribution in [-0.2, 0) is 11.2 Å². The molecule has 0 bridgehead atoms. The van der Waals surface area contributed by atoms with Gasteiger partial charge in [0, 0.05) is 18.2 Å². The van der Waals surface area contributed by atoms with Crippen LogP contribution in [0.1, 0.15) is 39.2 Å². The molecule has 1 aromatic carbocycles. The first-order valence-corrected chi connectivity index (χ1v) is 7.30. The zero-order valence-electron chi connectivity index (χ0n) is 12.1. The maximum atomic E-state index is 12.3. The van der Waals surface area contributed by atoms with E-state index in [1.807, 2.05) is 18.2 Å². The summed E-state index contributed by atoms with van der Waals surface area (Å²) in [5.41, 5.74) is 2.33. The minimum atomic E-state index is -0.116. The van der Waals surface area contributed by atoms with Gasteiger partial charge in [-0.15, -0.1) is 0 Å². The highest BCUT2D eigenvalue weighted by Gasteiger charge is 2.28. The fourth-order valence-electron chi connectivity index (χ4n) is 2.89. The van der Waals surface area contributed by atoms with Crippen LogP contribution in [0.25, 0.3) is 0 Å². The minimum Gasteiger partial charge on any atom is -0.373 e. The van der Waals surface area contributed by atoms with Crippen LogP contribution in [0.2, 0.25) is 0 Å². The van der Waals surface area contributed by atoms with Crippen molar-refractivity contribution < 1.29 is 4.79 Å². The Morgan fingerprint density at radius 2 is 2.05 bits per heavy atom. The molecule has 0 aromatic heterocycles. The fourth-order valence-corrected chi connectivity index (χ4v) is 2.89. The van der Waals surface area contributed by atoms with Crippen molar-refractivity contribution in [2.75, 3.05) is 5.32 Å². The van der Waals surface area contributed by atoms with Crippen LogP contribution in [-0.4, -0.2) is 18.0 Å². The molecule has 0 fully saturated rings. The summed E-state index contributed by atoms with van der Waals surface area (Å²) in [7, 11) is 0. The average Bonchev–Trinajstić information content (AvgIpc) is 2.84. The average molecular weight is 260 g/mol. The predicted molar refractivity (Wildman–Crippen MR) is 79.2 cm³/mol. The summed E-state index contributed by atoms with van der Waals surface area (Å²) in [5, 5.41) is 6.46. The molecule has 1 aliphatic rings. The number of hydrogen-bond acceptors (Lipinski definition) is 2. The monoisotopic (exact) mass is 260 g/mol. The normalized spacial score (nSPS) is 18.8. The third kappa shape index (κ3) is 3.09. The fraction of sp³-hybridized carbons (Fsp3) is 0.562. The SMILES string of the molecule is CCC(CC)C(C)NC(=O)C1Cc2ccccc2N1. The number of anilines is 1. The highest BCUT2D eigenvalue weighted by Crippen LogP contribution is 2.25. The number of para-hydroxylation sites is 1. The van der Waals surface area contributed by atoms with Crippen molar-refractivity contribution in [3.05, 3.63) is 29.8 Å². The van der Waals surface area contributed by atoms with Gasteiger partial charge in [0.15, 0.2) is 0 Å². The minimum absolute atomic E-state index is 0.116. The Kier molecular flexibility index (Phi) is 4.46. The van der Waals surface area contributed by atoms with E-state index in [4.69, 9.17) is 0 Å². The van der Waals surface area contributed by atoms with E-state index in [1.165, 1.54) is 5.56 Å². The summed E-state index contributed by atoms with van der Waals surface area (Å²) in [6.07, 6.45) is 3.00. The molecule has 0 spiro atoms. The van der Waals surface area contributed by atoms with Gasteiger partial charge >= 0.3 is 0 Å². The molecule has 0 radical (unpaired) electrons. The quantitative estimate of drug-likeness (QED) is 0.854. The standard InChI is InChI=1S/C16H24N2O/c1-4-12(5-2)11(3)17-16(19)15-10-13-8-6-7-9-14(13)18-15/h6-9,11-12,15,18H,4-5,10H2,1-3H3,(H,17,19). The van der Waals surface area contributed by atoms with E-state index < -0.39 is 0 Å². The van der Waals surface area contributed by atoms with Crippen molar-refractivity contribution in [2.24, 2.45) is 5.92 Å². The Balaban J connectivity index is 1.93. The lowest BCUT2D eigenvalue weighted by Gasteiger charge is -2.24. The van der Waals surface area contributed by atoms with Crippen LogP contribution in [0.5, 0.6) is 0 Å². The van der Waals surface area contributed by atoms with E-state index in [9.17, 15) is 4.79 Å². The molecular weight excluding hydrogens is 236 g/mol. The van der Waals surface area contributed by atoms with E-state index >= 15 is 0 Å². The number of rotatable bonds is 5. The number of benzene rings is 1. The smallest absolute Gasteiger partial charge is 0.243 e. The summed E-state index contributed by atoms with van der Waals surface area (Å²) in [4.78, 5) is 12.3. The summed E-state index contributed by atoms with van der Waals surface area (Å²) in [6.45, 7) is 6.47. The van der Waals surface area contributed by atoms with Crippen LogP contribution < -0.4 is 10.6 Å². The molecule has 0 aliphatic carbocycles. The summed E-state index contributed by atoms with van der Waals surface area (Å²) in [5.74, 6) is 0.684. The van der Waals surface area contributed by atoms with Crippen molar-refractivity contribution in [1.29, 1.82) is 0 Å². The number of nitrogens with one attached hydrogen (secondary N) is 2. The van der Waals surface area contributed by atoms with E-state index in [1.54, 1.807) is 0 Å². The Morgan fingerprint density at radius 1 is 1.37 bits per heavy atom. The second-order valence-electron chi connectivity index (χ2n) is 5.43. The van der Waals surface area contributed by atoms with E-state index in [-0.39, 0.29) is 18.0 Å². The van der Waals surface area contributed by atoms with E-state index in [0.717, 1.165) is 24.9 Å². The molecule has 1 heterocycles. The first-order chi connectivity index (χ1) is 9.15. The van der Waals surface area contributed by atoms with Gasteiger partial charge in [-0.1, -0.05) is 44.9 Å². The van der Waals surface area contributed by atoms with E-state index in [0.29, 0.717) is 5.92 Å². The second kappa shape index (κ2) is 6.09. The lowest BCUT2D eigenvalue weighted by Crippen LogP contribution is -2.45. The number of carbonyl (C=O) groups excluding carboxylic acids is 1. The molecule has 104 valence electrons. The van der Waals surface area contributed by atoms with Gasteiger partial charge in [0.25, 0.3) is 0 Å². The van der Waals surface area contributed by atoms with Crippen molar-refractivity contribution in [1.82, 2.24) is 5.32 Å². The Morgan fingerprint density at radius 3 is 2.68 bits per heavy atom. The van der Waals surface area contributed by atoms with Gasteiger partial charge in [0.05, 0.1) is 0 Å². The first kappa shape index (κ1) is 13.9. The highest BCUT2D eigenvalue weighted by molar-refractivity contribution is 5.87. The van der Waals surface area contributed by atoms with Crippen LogP contribution >= 0.6 is 0 Å². The van der Waals surface area contributed by atoms with Crippen LogP contribution in [0, 0.1) is 5.92 Å². The van der Waals surface area contributed by atoms with Gasteiger partial charge < -0.3 is 10.6 Å². The van der Waals surface area contributed by atoms with Gasteiger partial charge in [-0.3, -0.25) is 4.79 Å². The largest absolute Gasteiger partial charge is 0.373 e.